The second kappa shape index (κ2) is 8.10. The molecule has 0 spiro atoms. The fourth-order valence-corrected chi connectivity index (χ4v) is 2.31. The maximum atomic E-state index is 10.8. The third kappa shape index (κ3) is 3.53. The Morgan fingerprint density at radius 1 is 0.792 bits per heavy atom. The minimum absolute atomic E-state index is 0.236. The molecular weight excluding hydrogens is 312 g/mol. The molecule has 0 amide bonds. The van der Waals surface area contributed by atoms with E-state index < -0.39 is 0 Å². The average Bonchev–Trinajstić information content (AvgIpc) is 2.64. The highest BCUT2D eigenvalue weighted by Crippen LogP contribution is 2.40. The molecule has 2 rings (SSSR count). The summed E-state index contributed by atoms with van der Waals surface area (Å²) in [5, 5.41) is 0. The Kier molecular flexibility index (Phi) is 5.89. The van der Waals surface area contributed by atoms with Crippen molar-refractivity contribution in [2.24, 2.45) is 0 Å². The molecule has 0 aliphatic heterocycles. The van der Waals surface area contributed by atoms with Crippen molar-refractivity contribution in [3.8, 4) is 28.7 Å². The topological polar surface area (TPSA) is 63.2 Å². The number of rotatable bonds is 8. The lowest BCUT2D eigenvalue weighted by Crippen LogP contribution is -2.03. The van der Waals surface area contributed by atoms with Crippen LogP contribution in [0.2, 0.25) is 0 Å². The molecule has 0 aliphatic rings. The first-order valence-corrected chi connectivity index (χ1v) is 7.22. The lowest BCUT2D eigenvalue weighted by atomic mass is 10.1. The molecule has 0 aliphatic carbocycles. The molecule has 0 N–H and O–H groups in total. The zero-order chi connectivity index (χ0) is 17.5. The van der Waals surface area contributed by atoms with Crippen LogP contribution in [-0.2, 0) is 6.61 Å². The number of hydrogen-bond donors (Lipinski definition) is 0. The summed E-state index contributed by atoms with van der Waals surface area (Å²) in [5.74, 6) is 2.63. The molecule has 0 unspecified atom stereocenters. The third-order valence-corrected chi connectivity index (χ3v) is 3.49. The standard InChI is InChI=1S/C18H20O6/c1-20-15-8-6-13(17(22-3)18(15)23-4)11-24-14-7-5-12(10-19)9-16(14)21-2/h5-10H,11H2,1-4H3. The molecule has 128 valence electrons. The highest BCUT2D eigenvalue weighted by atomic mass is 16.5. The zero-order valence-corrected chi connectivity index (χ0v) is 14.1. The Morgan fingerprint density at radius 2 is 1.46 bits per heavy atom. The average molecular weight is 332 g/mol. The van der Waals surface area contributed by atoms with E-state index in [-0.39, 0.29) is 6.61 Å². The lowest BCUT2D eigenvalue weighted by Gasteiger charge is -2.17. The van der Waals surface area contributed by atoms with Crippen LogP contribution in [0.25, 0.3) is 0 Å². The minimum Gasteiger partial charge on any atom is -0.493 e. The van der Waals surface area contributed by atoms with Crippen molar-refractivity contribution < 1.29 is 28.5 Å². The Labute approximate surface area is 140 Å². The van der Waals surface area contributed by atoms with Crippen molar-refractivity contribution in [1.29, 1.82) is 0 Å². The van der Waals surface area contributed by atoms with Crippen LogP contribution in [0.5, 0.6) is 28.7 Å². The van der Waals surface area contributed by atoms with E-state index in [2.05, 4.69) is 0 Å². The van der Waals surface area contributed by atoms with Crippen LogP contribution >= 0.6 is 0 Å². The first-order valence-electron chi connectivity index (χ1n) is 7.22. The Bertz CT molecular complexity index is 711. The van der Waals surface area contributed by atoms with Crippen LogP contribution in [0.15, 0.2) is 30.3 Å². The Hall–Kier alpha value is -2.89. The fraction of sp³-hybridized carbons (Fsp3) is 0.278. The van der Waals surface area contributed by atoms with Crippen molar-refractivity contribution >= 4 is 6.29 Å². The number of benzene rings is 2. The smallest absolute Gasteiger partial charge is 0.203 e. The van der Waals surface area contributed by atoms with E-state index in [0.717, 1.165) is 11.8 Å². The summed E-state index contributed by atoms with van der Waals surface area (Å²) in [6, 6.07) is 8.60. The van der Waals surface area contributed by atoms with Gasteiger partial charge in [0.1, 0.15) is 12.9 Å². The van der Waals surface area contributed by atoms with Gasteiger partial charge in [0.15, 0.2) is 23.0 Å². The second-order valence-electron chi connectivity index (χ2n) is 4.81. The van der Waals surface area contributed by atoms with Crippen LogP contribution in [0.1, 0.15) is 15.9 Å². The first kappa shape index (κ1) is 17.5. The van der Waals surface area contributed by atoms with Crippen molar-refractivity contribution in [3.63, 3.8) is 0 Å². The molecule has 2 aromatic carbocycles. The van der Waals surface area contributed by atoms with Crippen LogP contribution in [0.3, 0.4) is 0 Å². The maximum absolute atomic E-state index is 10.8. The van der Waals surface area contributed by atoms with E-state index in [1.54, 1.807) is 45.6 Å². The normalized spacial score (nSPS) is 10.0. The third-order valence-electron chi connectivity index (χ3n) is 3.49. The number of carbonyl (C=O) groups is 1. The summed E-state index contributed by atoms with van der Waals surface area (Å²) in [6.45, 7) is 0.236. The van der Waals surface area contributed by atoms with E-state index in [4.69, 9.17) is 23.7 Å². The summed E-state index contributed by atoms with van der Waals surface area (Å²) < 4.78 is 27.1. The lowest BCUT2D eigenvalue weighted by molar-refractivity contribution is 0.112. The largest absolute Gasteiger partial charge is 0.493 e. The number of carbonyl (C=O) groups excluding carboxylic acids is 1. The summed E-state index contributed by atoms with van der Waals surface area (Å²) in [5.41, 5.74) is 1.31. The van der Waals surface area contributed by atoms with Crippen molar-refractivity contribution in [2.45, 2.75) is 6.61 Å². The van der Waals surface area contributed by atoms with Gasteiger partial charge in [-0.3, -0.25) is 4.79 Å². The van der Waals surface area contributed by atoms with Gasteiger partial charge in [0.05, 0.1) is 28.4 Å². The highest BCUT2D eigenvalue weighted by molar-refractivity contribution is 5.76. The first-order chi connectivity index (χ1) is 11.7. The molecular formula is C18H20O6. The van der Waals surface area contributed by atoms with Gasteiger partial charge in [-0.1, -0.05) is 0 Å². The molecule has 0 atom stereocenters. The second-order valence-corrected chi connectivity index (χ2v) is 4.81. The van der Waals surface area contributed by atoms with Crippen LogP contribution in [0.4, 0.5) is 0 Å². The van der Waals surface area contributed by atoms with Gasteiger partial charge >= 0.3 is 0 Å². The highest BCUT2D eigenvalue weighted by Gasteiger charge is 2.16. The van der Waals surface area contributed by atoms with Gasteiger partial charge in [0.2, 0.25) is 5.75 Å². The quantitative estimate of drug-likeness (QED) is 0.692. The molecule has 0 saturated carbocycles. The number of ether oxygens (including phenoxy) is 5. The predicted molar refractivity (Wildman–Crippen MR) is 88.8 cm³/mol. The molecule has 0 fully saturated rings. The molecule has 0 radical (unpaired) electrons. The summed E-state index contributed by atoms with van der Waals surface area (Å²) in [7, 11) is 6.19. The number of methoxy groups -OCH3 is 4. The van der Waals surface area contributed by atoms with Gasteiger partial charge in [-0.25, -0.2) is 0 Å². The monoisotopic (exact) mass is 332 g/mol. The number of hydrogen-bond acceptors (Lipinski definition) is 6. The van der Waals surface area contributed by atoms with Crippen molar-refractivity contribution in [1.82, 2.24) is 0 Å². The van der Waals surface area contributed by atoms with E-state index in [1.807, 2.05) is 6.07 Å². The van der Waals surface area contributed by atoms with Crippen LogP contribution < -0.4 is 23.7 Å². The van der Waals surface area contributed by atoms with Crippen molar-refractivity contribution in [3.05, 3.63) is 41.5 Å². The SMILES string of the molecule is COc1cc(C=O)ccc1OCc1ccc(OC)c(OC)c1OC. The van der Waals surface area contributed by atoms with Crippen molar-refractivity contribution in [2.75, 3.05) is 28.4 Å². The van der Waals surface area contributed by atoms with E-state index in [9.17, 15) is 4.79 Å². The Balaban J connectivity index is 2.28. The summed E-state index contributed by atoms with van der Waals surface area (Å²) >= 11 is 0. The molecule has 0 aromatic heterocycles. The van der Waals surface area contributed by atoms with Gasteiger partial charge in [-0.15, -0.1) is 0 Å². The molecule has 6 heteroatoms. The van der Waals surface area contributed by atoms with Gasteiger partial charge in [0.25, 0.3) is 0 Å². The van der Waals surface area contributed by atoms with E-state index in [0.29, 0.717) is 34.3 Å². The van der Waals surface area contributed by atoms with Gasteiger partial charge in [-0.2, -0.15) is 0 Å². The van der Waals surface area contributed by atoms with E-state index in [1.165, 1.54) is 7.11 Å². The number of aldehydes is 1. The fourth-order valence-electron chi connectivity index (χ4n) is 2.31. The molecule has 24 heavy (non-hydrogen) atoms. The van der Waals surface area contributed by atoms with Gasteiger partial charge in [-0.05, 0) is 30.3 Å². The molecule has 2 aromatic rings. The molecule has 0 heterocycles. The molecule has 6 nitrogen and oxygen atoms in total. The van der Waals surface area contributed by atoms with Gasteiger partial charge < -0.3 is 23.7 Å². The summed E-state index contributed by atoms with van der Waals surface area (Å²) in [6.07, 6.45) is 0.754. The van der Waals surface area contributed by atoms with E-state index >= 15 is 0 Å². The minimum atomic E-state index is 0.236. The maximum Gasteiger partial charge on any atom is 0.203 e. The Morgan fingerprint density at radius 3 is 2.04 bits per heavy atom. The van der Waals surface area contributed by atoms with Gasteiger partial charge in [0, 0.05) is 11.1 Å². The molecule has 0 saturated heterocycles. The molecule has 0 bridgehead atoms. The van der Waals surface area contributed by atoms with Crippen LogP contribution in [-0.4, -0.2) is 34.7 Å². The predicted octanol–water partition coefficient (Wildman–Crippen LogP) is 3.11. The zero-order valence-electron chi connectivity index (χ0n) is 14.1. The van der Waals surface area contributed by atoms with Crippen LogP contribution in [0, 0.1) is 0 Å². The summed E-state index contributed by atoms with van der Waals surface area (Å²) in [4.78, 5) is 10.8.